The van der Waals surface area contributed by atoms with Gasteiger partial charge in [0.1, 0.15) is 12.4 Å². The van der Waals surface area contributed by atoms with Gasteiger partial charge in [-0.2, -0.15) is 0 Å². The summed E-state index contributed by atoms with van der Waals surface area (Å²) in [5.41, 5.74) is 1.27. The van der Waals surface area contributed by atoms with Crippen LogP contribution in [0.3, 0.4) is 0 Å². The molecule has 0 aromatic heterocycles. The molecule has 1 aromatic carbocycles. The summed E-state index contributed by atoms with van der Waals surface area (Å²) in [4.78, 5) is 0. The van der Waals surface area contributed by atoms with Gasteiger partial charge < -0.3 is 10.1 Å². The highest BCUT2D eigenvalue weighted by molar-refractivity contribution is 5.26. The van der Waals surface area contributed by atoms with Crippen LogP contribution in [0.4, 0.5) is 0 Å². The van der Waals surface area contributed by atoms with Crippen molar-refractivity contribution >= 4 is 0 Å². The molecule has 1 saturated heterocycles. The zero-order chi connectivity index (χ0) is 9.80. The van der Waals surface area contributed by atoms with Crippen LogP contribution in [0.2, 0.25) is 0 Å². The molecule has 1 aliphatic rings. The first-order chi connectivity index (χ1) is 6.84. The maximum atomic E-state index is 5.68. The van der Waals surface area contributed by atoms with E-state index in [1.165, 1.54) is 18.4 Å². The monoisotopic (exact) mass is 191 g/mol. The van der Waals surface area contributed by atoms with Gasteiger partial charge in [0, 0.05) is 6.04 Å². The van der Waals surface area contributed by atoms with E-state index >= 15 is 0 Å². The van der Waals surface area contributed by atoms with Crippen LogP contribution in [-0.2, 0) is 0 Å². The van der Waals surface area contributed by atoms with Gasteiger partial charge in [0.15, 0.2) is 0 Å². The van der Waals surface area contributed by atoms with Crippen LogP contribution in [0, 0.1) is 6.92 Å². The largest absolute Gasteiger partial charge is 0.492 e. The summed E-state index contributed by atoms with van der Waals surface area (Å²) >= 11 is 0. The summed E-state index contributed by atoms with van der Waals surface area (Å²) in [6.07, 6.45) is 2.52. The van der Waals surface area contributed by atoms with E-state index in [2.05, 4.69) is 24.4 Å². The first-order valence-electron chi connectivity index (χ1n) is 5.27. The van der Waals surface area contributed by atoms with Gasteiger partial charge in [-0.25, -0.2) is 0 Å². The molecule has 0 bridgehead atoms. The summed E-state index contributed by atoms with van der Waals surface area (Å²) in [6, 6.07) is 8.78. The fourth-order valence-corrected chi connectivity index (χ4v) is 1.73. The number of ether oxygens (including phenoxy) is 1. The lowest BCUT2D eigenvalue weighted by atomic mass is 10.2. The Morgan fingerprint density at radius 1 is 1.36 bits per heavy atom. The maximum absolute atomic E-state index is 5.68. The molecule has 1 atom stereocenters. The van der Waals surface area contributed by atoms with Gasteiger partial charge in [-0.1, -0.05) is 17.7 Å². The van der Waals surface area contributed by atoms with E-state index in [0.717, 1.165) is 18.9 Å². The smallest absolute Gasteiger partial charge is 0.119 e. The SMILES string of the molecule is Cc1ccc(OC[C@@H]2CCCN2)cc1. The normalized spacial score (nSPS) is 21.1. The molecule has 1 aromatic rings. The first kappa shape index (κ1) is 9.53. The van der Waals surface area contributed by atoms with E-state index in [1.54, 1.807) is 0 Å². The minimum Gasteiger partial charge on any atom is -0.492 e. The van der Waals surface area contributed by atoms with E-state index in [4.69, 9.17) is 4.74 Å². The summed E-state index contributed by atoms with van der Waals surface area (Å²) in [7, 11) is 0. The molecule has 76 valence electrons. The molecule has 0 unspecified atom stereocenters. The molecule has 0 aliphatic carbocycles. The Balaban J connectivity index is 1.82. The Morgan fingerprint density at radius 2 is 2.14 bits per heavy atom. The minimum atomic E-state index is 0.552. The summed E-state index contributed by atoms with van der Waals surface area (Å²) in [5, 5.41) is 3.41. The van der Waals surface area contributed by atoms with E-state index in [9.17, 15) is 0 Å². The van der Waals surface area contributed by atoms with Gasteiger partial charge in [-0.15, -0.1) is 0 Å². The zero-order valence-corrected chi connectivity index (χ0v) is 8.62. The summed E-state index contributed by atoms with van der Waals surface area (Å²) < 4.78 is 5.68. The van der Waals surface area contributed by atoms with Gasteiger partial charge in [-0.05, 0) is 38.4 Å². The lowest BCUT2D eigenvalue weighted by molar-refractivity contribution is 0.277. The quantitative estimate of drug-likeness (QED) is 0.790. The molecule has 2 nitrogen and oxygen atoms in total. The molecule has 1 fully saturated rings. The molecule has 1 aliphatic heterocycles. The van der Waals surface area contributed by atoms with Gasteiger partial charge in [0.2, 0.25) is 0 Å². The van der Waals surface area contributed by atoms with Gasteiger partial charge in [-0.3, -0.25) is 0 Å². The predicted octanol–water partition coefficient (Wildman–Crippen LogP) is 2.13. The van der Waals surface area contributed by atoms with Crippen molar-refractivity contribution in [2.24, 2.45) is 0 Å². The average molecular weight is 191 g/mol. The zero-order valence-electron chi connectivity index (χ0n) is 8.62. The Morgan fingerprint density at radius 3 is 2.79 bits per heavy atom. The molecule has 0 radical (unpaired) electrons. The highest BCUT2D eigenvalue weighted by Crippen LogP contribution is 2.13. The van der Waals surface area contributed by atoms with Crippen molar-refractivity contribution in [1.82, 2.24) is 5.32 Å². The molecule has 2 heteroatoms. The lowest BCUT2D eigenvalue weighted by Crippen LogP contribution is -2.28. The van der Waals surface area contributed by atoms with Crippen LogP contribution in [-0.4, -0.2) is 19.2 Å². The van der Waals surface area contributed by atoms with Crippen molar-refractivity contribution < 1.29 is 4.74 Å². The van der Waals surface area contributed by atoms with Crippen molar-refractivity contribution in [2.45, 2.75) is 25.8 Å². The number of rotatable bonds is 3. The highest BCUT2D eigenvalue weighted by Gasteiger charge is 2.13. The molecular weight excluding hydrogens is 174 g/mol. The fourth-order valence-electron chi connectivity index (χ4n) is 1.73. The molecule has 0 spiro atoms. The lowest BCUT2D eigenvalue weighted by Gasteiger charge is -2.11. The average Bonchev–Trinajstić information content (AvgIpc) is 2.70. The number of aryl methyl sites for hydroxylation is 1. The van der Waals surface area contributed by atoms with Crippen molar-refractivity contribution in [3.63, 3.8) is 0 Å². The van der Waals surface area contributed by atoms with Crippen molar-refractivity contribution in [2.75, 3.05) is 13.2 Å². The number of hydrogen-bond donors (Lipinski definition) is 1. The second-order valence-corrected chi connectivity index (χ2v) is 3.92. The van der Waals surface area contributed by atoms with Gasteiger partial charge in [0.25, 0.3) is 0 Å². The molecule has 0 saturated carbocycles. The Labute approximate surface area is 85.3 Å². The van der Waals surface area contributed by atoms with Crippen LogP contribution < -0.4 is 10.1 Å². The highest BCUT2D eigenvalue weighted by atomic mass is 16.5. The second kappa shape index (κ2) is 4.47. The van der Waals surface area contributed by atoms with Crippen LogP contribution in [0.15, 0.2) is 24.3 Å². The predicted molar refractivity (Wildman–Crippen MR) is 57.7 cm³/mol. The molecule has 1 N–H and O–H groups in total. The third-order valence-electron chi connectivity index (χ3n) is 2.63. The third-order valence-corrected chi connectivity index (χ3v) is 2.63. The van der Waals surface area contributed by atoms with Gasteiger partial charge >= 0.3 is 0 Å². The summed E-state index contributed by atoms with van der Waals surface area (Å²) in [6.45, 7) is 4.02. The molecule has 2 rings (SSSR count). The standard InChI is InChI=1S/C12H17NO/c1-10-4-6-12(7-5-10)14-9-11-3-2-8-13-11/h4-7,11,13H,2-3,8-9H2,1H3/t11-/m0/s1. The van der Waals surface area contributed by atoms with Crippen LogP contribution >= 0.6 is 0 Å². The van der Waals surface area contributed by atoms with E-state index in [0.29, 0.717) is 6.04 Å². The molecule has 1 heterocycles. The Hall–Kier alpha value is -1.02. The maximum Gasteiger partial charge on any atom is 0.119 e. The van der Waals surface area contributed by atoms with E-state index in [-0.39, 0.29) is 0 Å². The van der Waals surface area contributed by atoms with E-state index in [1.807, 2.05) is 12.1 Å². The van der Waals surface area contributed by atoms with Crippen molar-refractivity contribution in [1.29, 1.82) is 0 Å². The first-order valence-corrected chi connectivity index (χ1v) is 5.27. The topological polar surface area (TPSA) is 21.3 Å². The fraction of sp³-hybridized carbons (Fsp3) is 0.500. The number of nitrogens with one attached hydrogen (secondary N) is 1. The molecular formula is C12H17NO. The Kier molecular flexibility index (Phi) is 3.04. The minimum absolute atomic E-state index is 0.552. The number of benzene rings is 1. The van der Waals surface area contributed by atoms with Crippen LogP contribution in [0.5, 0.6) is 5.75 Å². The van der Waals surface area contributed by atoms with Gasteiger partial charge in [0.05, 0.1) is 0 Å². The van der Waals surface area contributed by atoms with Crippen molar-refractivity contribution in [3.8, 4) is 5.75 Å². The summed E-state index contributed by atoms with van der Waals surface area (Å²) in [5.74, 6) is 0.976. The third kappa shape index (κ3) is 2.48. The van der Waals surface area contributed by atoms with Crippen LogP contribution in [0.1, 0.15) is 18.4 Å². The molecule has 14 heavy (non-hydrogen) atoms. The van der Waals surface area contributed by atoms with E-state index < -0.39 is 0 Å². The van der Waals surface area contributed by atoms with Crippen LogP contribution in [0.25, 0.3) is 0 Å². The second-order valence-electron chi connectivity index (χ2n) is 3.92. The number of hydrogen-bond acceptors (Lipinski definition) is 2. The molecule has 0 amide bonds. The Bertz CT molecular complexity index is 275. The van der Waals surface area contributed by atoms with Crippen molar-refractivity contribution in [3.05, 3.63) is 29.8 Å².